The number of sulfonamides is 1. The molecule has 0 unspecified atom stereocenters. The Hall–Kier alpha value is -2.25. The van der Waals surface area contributed by atoms with Crippen LogP contribution in [0.1, 0.15) is 11.1 Å². The highest BCUT2D eigenvalue weighted by atomic mass is 35.5. The number of nitrogens with zero attached hydrogens (tertiary/aromatic N) is 1. The third-order valence-corrected chi connectivity index (χ3v) is 6.98. The molecule has 0 aliphatic rings. The lowest BCUT2D eigenvalue weighted by Crippen LogP contribution is -2.39. The lowest BCUT2D eigenvalue weighted by Gasteiger charge is -2.26. The number of halogens is 3. The maximum Gasteiger partial charge on any atom is 0.264 e. The van der Waals surface area contributed by atoms with Crippen molar-refractivity contribution in [1.29, 1.82) is 0 Å². The third kappa shape index (κ3) is 5.08. The molecule has 2 N–H and O–H groups in total. The molecule has 0 atom stereocenters. The van der Waals surface area contributed by atoms with E-state index in [4.69, 9.17) is 40.5 Å². The molecule has 1 amide bonds. The van der Waals surface area contributed by atoms with Crippen LogP contribution >= 0.6 is 34.8 Å². The van der Waals surface area contributed by atoms with Gasteiger partial charge in [-0.15, -0.1) is 0 Å². The third-order valence-electron chi connectivity index (χ3n) is 4.35. The molecule has 5 nitrogen and oxygen atoms in total. The van der Waals surface area contributed by atoms with Gasteiger partial charge in [0, 0.05) is 21.5 Å². The van der Waals surface area contributed by atoms with Crippen molar-refractivity contribution in [1.82, 2.24) is 0 Å². The second-order valence-electron chi connectivity index (χ2n) is 6.47. The van der Waals surface area contributed by atoms with Crippen molar-refractivity contribution in [2.45, 2.75) is 11.3 Å². The maximum absolute atomic E-state index is 13.4. The van der Waals surface area contributed by atoms with Crippen LogP contribution in [0.4, 0.5) is 5.69 Å². The Kier molecular flexibility index (Phi) is 6.93. The normalized spacial score (nSPS) is 11.3. The van der Waals surface area contributed by atoms with Crippen molar-refractivity contribution in [3.05, 3.63) is 92.9 Å². The van der Waals surface area contributed by atoms with Crippen LogP contribution in [0.3, 0.4) is 0 Å². The van der Waals surface area contributed by atoms with Gasteiger partial charge in [-0.2, -0.15) is 0 Å². The molecule has 0 heterocycles. The van der Waals surface area contributed by atoms with Gasteiger partial charge in [0.15, 0.2) is 0 Å². The van der Waals surface area contributed by atoms with Crippen molar-refractivity contribution in [3.8, 4) is 0 Å². The summed E-state index contributed by atoms with van der Waals surface area (Å²) < 4.78 is 27.7. The summed E-state index contributed by atoms with van der Waals surface area (Å²) in [4.78, 5) is 11.7. The topological polar surface area (TPSA) is 80.5 Å². The number of hydrogen-bond acceptors (Lipinski definition) is 3. The number of carbonyl (C=O) groups excluding carboxylic acids is 1. The molecule has 9 heteroatoms. The predicted molar refractivity (Wildman–Crippen MR) is 121 cm³/mol. The molecule has 0 bridgehead atoms. The Morgan fingerprint density at radius 2 is 1.50 bits per heavy atom. The fourth-order valence-electron chi connectivity index (χ4n) is 2.96. The summed E-state index contributed by atoms with van der Waals surface area (Å²) in [6, 6.07) is 17.6. The molecule has 30 heavy (non-hydrogen) atoms. The standard InChI is InChI=1S/C21H17Cl3N2O3S/c22-16-5-8-18(9-6-16)30(28,29)26(13-21(25)27)20-10-7-17(23)12-15(20)11-14-3-1-2-4-19(14)24/h1-10,12H,11,13H2,(H2,25,27). The van der Waals surface area contributed by atoms with Crippen molar-refractivity contribution >= 4 is 56.4 Å². The van der Waals surface area contributed by atoms with Crippen LogP contribution in [0, 0.1) is 0 Å². The highest BCUT2D eigenvalue weighted by molar-refractivity contribution is 7.92. The van der Waals surface area contributed by atoms with Crippen molar-refractivity contribution in [2.24, 2.45) is 5.73 Å². The number of amides is 1. The molecule has 0 spiro atoms. The first-order valence-corrected chi connectivity index (χ1v) is 11.3. The molecule has 0 saturated carbocycles. The van der Waals surface area contributed by atoms with Crippen LogP contribution in [0.15, 0.2) is 71.6 Å². The largest absolute Gasteiger partial charge is 0.368 e. The van der Waals surface area contributed by atoms with Gasteiger partial charge < -0.3 is 5.73 Å². The first-order chi connectivity index (χ1) is 14.2. The Morgan fingerprint density at radius 1 is 0.867 bits per heavy atom. The fourth-order valence-corrected chi connectivity index (χ4v) is 4.95. The summed E-state index contributed by atoms with van der Waals surface area (Å²) in [6.07, 6.45) is 0.307. The number of carbonyl (C=O) groups is 1. The molecule has 0 aromatic heterocycles. The minimum Gasteiger partial charge on any atom is -0.368 e. The lowest BCUT2D eigenvalue weighted by molar-refractivity contribution is -0.116. The van der Waals surface area contributed by atoms with E-state index in [0.29, 0.717) is 27.1 Å². The summed E-state index contributed by atoms with van der Waals surface area (Å²) in [5, 5.41) is 1.34. The van der Waals surface area contributed by atoms with E-state index >= 15 is 0 Å². The van der Waals surface area contributed by atoms with Crippen LogP contribution in [-0.4, -0.2) is 20.9 Å². The lowest BCUT2D eigenvalue weighted by atomic mass is 10.0. The number of nitrogens with two attached hydrogens (primary N) is 1. The number of benzene rings is 3. The van der Waals surface area contributed by atoms with Gasteiger partial charge in [0.1, 0.15) is 6.54 Å². The Bertz CT molecular complexity index is 1180. The molecular formula is C21H17Cl3N2O3S. The van der Waals surface area contributed by atoms with E-state index in [0.717, 1.165) is 9.87 Å². The first-order valence-electron chi connectivity index (χ1n) is 8.77. The average molecular weight is 484 g/mol. The summed E-state index contributed by atoms with van der Waals surface area (Å²) >= 11 is 18.3. The minimum absolute atomic E-state index is 0.0215. The minimum atomic E-state index is -4.11. The van der Waals surface area contributed by atoms with E-state index in [1.165, 1.54) is 24.3 Å². The second kappa shape index (κ2) is 9.27. The van der Waals surface area contributed by atoms with Crippen molar-refractivity contribution in [2.75, 3.05) is 10.8 Å². The van der Waals surface area contributed by atoms with Gasteiger partial charge in [-0.3, -0.25) is 9.10 Å². The van der Waals surface area contributed by atoms with E-state index in [9.17, 15) is 13.2 Å². The zero-order valence-electron chi connectivity index (χ0n) is 15.6. The molecular weight excluding hydrogens is 467 g/mol. The first kappa shape index (κ1) is 22.4. The van der Waals surface area contributed by atoms with Gasteiger partial charge in [0.25, 0.3) is 10.0 Å². The number of hydrogen-bond donors (Lipinski definition) is 1. The van der Waals surface area contributed by atoms with Gasteiger partial charge in [0.05, 0.1) is 10.6 Å². The summed E-state index contributed by atoms with van der Waals surface area (Å²) in [6.45, 7) is -0.540. The molecule has 0 radical (unpaired) electrons. The van der Waals surface area contributed by atoms with Crippen molar-refractivity contribution in [3.63, 3.8) is 0 Å². The fraction of sp³-hybridized carbons (Fsp3) is 0.0952. The molecule has 156 valence electrons. The molecule has 3 rings (SSSR count). The van der Waals surface area contributed by atoms with Gasteiger partial charge in [0.2, 0.25) is 5.91 Å². The maximum atomic E-state index is 13.4. The van der Waals surface area contributed by atoms with E-state index in [1.54, 1.807) is 30.3 Å². The van der Waals surface area contributed by atoms with E-state index < -0.39 is 22.5 Å². The summed E-state index contributed by atoms with van der Waals surface area (Å²) in [7, 11) is -4.11. The number of anilines is 1. The van der Waals surface area contributed by atoms with Gasteiger partial charge in [-0.25, -0.2) is 8.42 Å². The zero-order chi connectivity index (χ0) is 21.9. The van der Waals surface area contributed by atoms with Crippen LogP contribution in [-0.2, 0) is 21.2 Å². The van der Waals surface area contributed by atoms with Gasteiger partial charge >= 0.3 is 0 Å². The zero-order valence-corrected chi connectivity index (χ0v) is 18.6. The van der Waals surface area contributed by atoms with Gasteiger partial charge in [-0.05, 0) is 59.7 Å². The highest BCUT2D eigenvalue weighted by Gasteiger charge is 2.28. The van der Waals surface area contributed by atoms with E-state index in [-0.39, 0.29) is 10.6 Å². The molecule has 3 aromatic rings. The van der Waals surface area contributed by atoms with Gasteiger partial charge in [-0.1, -0.05) is 53.0 Å². The van der Waals surface area contributed by atoms with E-state index in [1.807, 2.05) is 12.1 Å². The highest BCUT2D eigenvalue weighted by Crippen LogP contribution is 2.32. The summed E-state index contributed by atoms with van der Waals surface area (Å²) in [5.74, 6) is -0.800. The monoisotopic (exact) mass is 482 g/mol. The van der Waals surface area contributed by atoms with Crippen molar-refractivity contribution < 1.29 is 13.2 Å². The summed E-state index contributed by atoms with van der Waals surface area (Å²) in [5.41, 5.74) is 7.02. The molecule has 0 saturated heterocycles. The Morgan fingerprint density at radius 3 is 2.13 bits per heavy atom. The number of rotatable bonds is 7. The molecule has 0 aliphatic carbocycles. The molecule has 3 aromatic carbocycles. The predicted octanol–water partition coefficient (Wildman–Crippen LogP) is 4.92. The SMILES string of the molecule is NC(=O)CN(c1ccc(Cl)cc1Cc1ccccc1Cl)S(=O)(=O)c1ccc(Cl)cc1. The smallest absolute Gasteiger partial charge is 0.264 e. The van der Waals surface area contributed by atoms with Crippen LogP contribution < -0.4 is 10.0 Å². The Balaban J connectivity index is 2.14. The average Bonchev–Trinajstić information content (AvgIpc) is 2.68. The van der Waals surface area contributed by atoms with Crippen LogP contribution in [0.2, 0.25) is 15.1 Å². The van der Waals surface area contributed by atoms with Crippen LogP contribution in [0.25, 0.3) is 0 Å². The molecule has 0 fully saturated rings. The Labute approximate surface area is 190 Å². The molecule has 0 aliphatic heterocycles. The quantitative estimate of drug-likeness (QED) is 0.518. The second-order valence-corrected chi connectivity index (χ2v) is 9.62. The van der Waals surface area contributed by atoms with E-state index in [2.05, 4.69) is 0 Å². The van der Waals surface area contributed by atoms with Crippen LogP contribution in [0.5, 0.6) is 0 Å². The number of primary amides is 1.